The van der Waals surface area contributed by atoms with Gasteiger partial charge in [0.15, 0.2) is 16.9 Å². The average Bonchev–Trinajstić information content (AvgIpc) is 3.17. The fourth-order valence-corrected chi connectivity index (χ4v) is 3.18. The lowest BCUT2D eigenvalue weighted by Gasteiger charge is -2.11. The molecule has 1 amide bonds. The summed E-state index contributed by atoms with van der Waals surface area (Å²) in [5.41, 5.74) is 1.34. The maximum Gasteiger partial charge on any atom is 0.358 e. The highest BCUT2D eigenvalue weighted by Gasteiger charge is 2.28. The minimum Gasteiger partial charge on any atom is -0.465 e. The van der Waals surface area contributed by atoms with Gasteiger partial charge in [0.05, 0.1) is 18.4 Å². The number of aromatic nitrogens is 2. The zero-order valence-corrected chi connectivity index (χ0v) is 16.3. The lowest BCUT2D eigenvalue weighted by Crippen LogP contribution is -2.25. The molecule has 27 heavy (non-hydrogen) atoms. The van der Waals surface area contributed by atoms with Gasteiger partial charge in [-0.25, -0.2) is 14.6 Å². The number of anilines is 1. The number of hydrogen-bond donors (Lipinski definition) is 2. The van der Waals surface area contributed by atoms with Gasteiger partial charge in [-0.1, -0.05) is 0 Å². The van der Waals surface area contributed by atoms with Crippen molar-refractivity contribution >= 4 is 40.1 Å². The Labute approximate surface area is 159 Å². The van der Waals surface area contributed by atoms with E-state index < -0.39 is 23.8 Å². The number of carbonyl (C=O) groups is 4. The summed E-state index contributed by atoms with van der Waals surface area (Å²) >= 11 is 1.07. The summed E-state index contributed by atoms with van der Waals surface area (Å²) in [5.74, 6) is -2.15. The predicted octanol–water partition coefficient (Wildman–Crippen LogP) is 2.26. The third-order valence-corrected chi connectivity index (χ3v) is 4.48. The largest absolute Gasteiger partial charge is 0.465 e. The van der Waals surface area contributed by atoms with Gasteiger partial charge in [-0.15, -0.1) is 11.3 Å². The van der Waals surface area contributed by atoms with Crippen molar-refractivity contribution in [1.82, 2.24) is 9.97 Å². The molecular formula is C17H19N3O6S. The molecule has 0 fully saturated rings. The van der Waals surface area contributed by atoms with E-state index in [2.05, 4.69) is 15.3 Å². The van der Waals surface area contributed by atoms with Crippen LogP contribution < -0.4 is 5.32 Å². The number of ketones is 1. The van der Waals surface area contributed by atoms with E-state index in [1.807, 2.05) is 0 Å². The first-order chi connectivity index (χ1) is 12.6. The summed E-state index contributed by atoms with van der Waals surface area (Å²) in [7, 11) is 1.25. The van der Waals surface area contributed by atoms with E-state index in [9.17, 15) is 19.2 Å². The molecule has 0 spiro atoms. The normalized spacial score (nSPS) is 11.6. The molecule has 2 aromatic heterocycles. The highest BCUT2D eigenvalue weighted by atomic mass is 32.1. The molecule has 1 atom stereocenters. The van der Waals surface area contributed by atoms with Gasteiger partial charge >= 0.3 is 11.9 Å². The summed E-state index contributed by atoms with van der Waals surface area (Å²) in [5, 5.41) is 4.14. The van der Waals surface area contributed by atoms with E-state index in [1.54, 1.807) is 13.8 Å². The number of thiazole rings is 1. The van der Waals surface area contributed by atoms with Crippen LogP contribution in [0.25, 0.3) is 0 Å². The highest BCUT2D eigenvalue weighted by molar-refractivity contribution is 7.14. The standard InChI is InChI=1S/C17H19N3O6S/c1-7-12(16(24)25-5)8(2)18-13(7)14(22)9(3)26-15(23)11-6-27-17(20-11)19-10(4)21/h6,9,18H,1-5H3,(H,19,20,21). The summed E-state index contributed by atoms with van der Waals surface area (Å²) in [6.07, 6.45) is -1.11. The van der Waals surface area contributed by atoms with Crippen LogP contribution in [0.3, 0.4) is 0 Å². The Morgan fingerprint density at radius 2 is 1.89 bits per heavy atom. The van der Waals surface area contributed by atoms with Gasteiger partial charge in [0.25, 0.3) is 0 Å². The van der Waals surface area contributed by atoms with Crippen LogP contribution in [0.15, 0.2) is 5.38 Å². The topological polar surface area (TPSA) is 127 Å². The first-order valence-corrected chi connectivity index (χ1v) is 8.79. The molecule has 0 bridgehead atoms. The molecule has 0 aliphatic rings. The Morgan fingerprint density at radius 3 is 2.48 bits per heavy atom. The molecule has 0 aliphatic carbocycles. The van der Waals surface area contributed by atoms with E-state index in [0.29, 0.717) is 11.3 Å². The third kappa shape index (κ3) is 4.40. The van der Waals surface area contributed by atoms with Gasteiger partial charge < -0.3 is 19.8 Å². The molecule has 2 rings (SSSR count). The SMILES string of the molecule is COC(=O)c1c(C)[nH]c(C(=O)C(C)OC(=O)c2csc(NC(C)=O)n2)c1C. The summed E-state index contributed by atoms with van der Waals surface area (Å²) in [6, 6.07) is 0. The van der Waals surface area contributed by atoms with Crippen LogP contribution in [0.2, 0.25) is 0 Å². The highest BCUT2D eigenvalue weighted by Crippen LogP contribution is 2.22. The molecule has 2 heterocycles. The van der Waals surface area contributed by atoms with Crippen molar-refractivity contribution in [3.8, 4) is 0 Å². The van der Waals surface area contributed by atoms with Crippen LogP contribution in [-0.2, 0) is 14.3 Å². The van der Waals surface area contributed by atoms with Crippen LogP contribution in [0.4, 0.5) is 5.13 Å². The van der Waals surface area contributed by atoms with Gasteiger partial charge in [0, 0.05) is 18.0 Å². The lowest BCUT2D eigenvalue weighted by atomic mass is 10.1. The number of methoxy groups -OCH3 is 1. The van der Waals surface area contributed by atoms with Gasteiger partial charge in [-0.3, -0.25) is 9.59 Å². The van der Waals surface area contributed by atoms with E-state index in [4.69, 9.17) is 9.47 Å². The third-order valence-electron chi connectivity index (χ3n) is 3.72. The zero-order chi connectivity index (χ0) is 20.3. The number of esters is 2. The molecule has 2 N–H and O–H groups in total. The second kappa shape index (κ2) is 8.12. The summed E-state index contributed by atoms with van der Waals surface area (Å²) in [6.45, 7) is 6.00. The zero-order valence-electron chi connectivity index (χ0n) is 15.5. The first kappa shape index (κ1) is 20.3. The van der Waals surface area contributed by atoms with Crippen LogP contribution in [0, 0.1) is 13.8 Å². The lowest BCUT2D eigenvalue weighted by molar-refractivity contribution is -0.114. The van der Waals surface area contributed by atoms with E-state index >= 15 is 0 Å². The first-order valence-electron chi connectivity index (χ1n) is 7.91. The molecule has 1 unspecified atom stereocenters. The number of carbonyl (C=O) groups excluding carboxylic acids is 4. The van der Waals surface area contributed by atoms with E-state index in [1.165, 1.54) is 26.3 Å². The summed E-state index contributed by atoms with van der Waals surface area (Å²) < 4.78 is 9.88. The van der Waals surface area contributed by atoms with Crippen molar-refractivity contribution in [2.75, 3.05) is 12.4 Å². The van der Waals surface area contributed by atoms with Gasteiger partial charge in [-0.2, -0.15) is 0 Å². The predicted molar refractivity (Wildman–Crippen MR) is 97.2 cm³/mol. The second-order valence-corrected chi connectivity index (χ2v) is 6.61. The number of hydrogen-bond acceptors (Lipinski definition) is 8. The molecule has 0 saturated carbocycles. The Kier molecular flexibility index (Phi) is 6.11. The molecule has 2 aromatic rings. The molecule has 144 valence electrons. The number of rotatable bonds is 6. The van der Waals surface area contributed by atoms with Crippen molar-refractivity contribution < 1.29 is 28.7 Å². The van der Waals surface area contributed by atoms with Crippen LogP contribution in [0.5, 0.6) is 0 Å². The van der Waals surface area contributed by atoms with Crippen LogP contribution in [0.1, 0.15) is 56.4 Å². The smallest absolute Gasteiger partial charge is 0.358 e. The number of aromatic amines is 1. The Bertz CT molecular complexity index is 914. The molecule has 0 aromatic carbocycles. The molecule has 0 aliphatic heterocycles. The maximum absolute atomic E-state index is 12.6. The molecule has 9 nitrogen and oxygen atoms in total. The Morgan fingerprint density at radius 1 is 1.22 bits per heavy atom. The van der Waals surface area contributed by atoms with E-state index in [0.717, 1.165) is 11.3 Å². The molecule has 10 heteroatoms. The van der Waals surface area contributed by atoms with Crippen molar-refractivity contribution in [3.05, 3.63) is 33.6 Å². The van der Waals surface area contributed by atoms with Gasteiger partial charge in [0.2, 0.25) is 11.7 Å². The van der Waals surface area contributed by atoms with Crippen molar-refractivity contribution in [1.29, 1.82) is 0 Å². The minimum atomic E-state index is -1.11. The number of nitrogens with one attached hydrogen (secondary N) is 2. The average molecular weight is 393 g/mol. The van der Waals surface area contributed by atoms with Gasteiger partial charge in [0.1, 0.15) is 0 Å². The Hall–Kier alpha value is -3.01. The molecule has 0 saturated heterocycles. The number of Topliss-reactive ketones (excluding diaryl/α,β-unsaturated/α-hetero) is 1. The quantitative estimate of drug-likeness (QED) is 0.569. The van der Waals surface area contributed by atoms with Crippen LogP contribution in [-0.4, -0.2) is 46.8 Å². The monoisotopic (exact) mass is 393 g/mol. The summed E-state index contributed by atoms with van der Waals surface area (Å²) in [4.78, 5) is 54.4. The number of aryl methyl sites for hydroxylation is 1. The van der Waals surface area contributed by atoms with Crippen molar-refractivity contribution in [2.45, 2.75) is 33.8 Å². The number of amides is 1. The second-order valence-electron chi connectivity index (χ2n) is 5.75. The Balaban J connectivity index is 2.14. The maximum atomic E-state index is 12.6. The number of H-pyrrole nitrogens is 1. The van der Waals surface area contributed by atoms with E-state index in [-0.39, 0.29) is 28.0 Å². The van der Waals surface area contributed by atoms with Crippen molar-refractivity contribution in [3.63, 3.8) is 0 Å². The molecule has 0 radical (unpaired) electrons. The van der Waals surface area contributed by atoms with Crippen molar-refractivity contribution in [2.24, 2.45) is 0 Å². The minimum absolute atomic E-state index is 0.0157. The van der Waals surface area contributed by atoms with Gasteiger partial charge in [-0.05, 0) is 26.3 Å². The fraction of sp³-hybridized carbons (Fsp3) is 0.353. The number of nitrogens with zero attached hydrogens (tertiary/aromatic N) is 1. The fourth-order valence-electron chi connectivity index (χ4n) is 2.46. The van der Waals surface area contributed by atoms with Crippen LogP contribution >= 0.6 is 11.3 Å². The number of ether oxygens (including phenoxy) is 2. The molecular weight excluding hydrogens is 374 g/mol.